The zero-order chi connectivity index (χ0) is 27.6. The first-order chi connectivity index (χ1) is 18.9. The van der Waals surface area contributed by atoms with E-state index in [2.05, 4.69) is 27.7 Å². The number of carbonyl (C=O) groups is 2. The number of benzene rings is 3. The summed E-state index contributed by atoms with van der Waals surface area (Å²) in [7, 11) is 0. The van der Waals surface area contributed by atoms with Crippen LogP contribution in [-0.2, 0) is 5.75 Å². The molecular weight excluding hydrogens is 528 g/mol. The third-order valence-electron chi connectivity index (χ3n) is 6.48. The highest BCUT2D eigenvalue weighted by Gasteiger charge is 2.19. The number of carbonyl (C=O) groups excluding carboxylic acids is 2. The summed E-state index contributed by atoms with van der Waals surface area (Å²) >= 11 is 3.53. The third-order valence-corrected chi connectivity index (χ3v) is 8.43. The highest BCUT2D eigenvalue weighted by Crippen LogP contribution is 2.26. The lowest BCUT2D eigenvalue weighted by molar-refractivity contribution is 0.0956. The molecule has 0 aliphatic carbocycles. The van der Waals surface area contributed by atoms with Crippen molar-refractivity contribution < 1.29 is 14.7 Å². The topological polar surface area (TPSA) is 94.0 Å². The Bertz CT molecular complexity index is 1340. The van der Waals surface area contributed by atoms with Crippen LogP contribution in [0.25, 0.3) is 0 Å². The lowest BCUT2D eigenvalue weighted by atomic mass is 10.1. The number of aliphatic hydroxyl groups is 1. The molecule has 0 bridgehead atoms. The van der Waals surface area contributed by atoms with Crippen molar-refractivity contribution in [3.8, 4) is 0 Å². The van der Waals surface area contributed by atoms with Crippen LogP contribution in [0.1, 0.15) is 43.0 Å². The molecule has 0 unspecified atom stereocenters. The third kappa shape index (κ3) is 8.11. The van der Waals surface area contributed by atoms with Crippen LogP contribution in [0.4, 0.5) is 11.4 Å². The lowest BCUT2D eigenvalue weighted by Crippen LogP contribution is -2.32. The summed E-state index contributed by atoms with van der Waals surface area (Å²) in [5.74, 6) is 2.73. The number of hydrogen-bond acceptors (Lipinski definition) is 7. The summed E-state index contributed by atoms with van der Waals surface area (Å²) in [6, 6.07) is 18.9. The number of aryl methyl sites for hydroxylation is 2. The Morgan fingerprint density at radius 3 is 2.62 bits per heavy atom. The van der Waals surface area contributed by atoms with Crippen LogP contribution in [0.5, 0.6) is 0 Å². The number of hydrogen-bond donors (Lipinski definition) is 3. The molecule has 9 heteroatoms. The number of thioether (sulfide) groups is 2. The Hall–Kier alpha value is -3.27. The van der Waals surface area contributed by atoms with Crippen LogP contribution in [0.3, 0.4) is 0 Å². The molecule has 3 N–H and O–H groups in total. The number of rotatable bonds is 10. The molecule has 0 spiro atoms. The fourth-order valence-corrected chi connectivity index (χ4v) is 5.76. The second-order valence-electron chi connectivity index (χ2n) is 9.30. The van der Waals surface area contributed by atoms with E-state index in [-0.39, 0.29) is 12.5 Å². The maximum atomic E-state index is 13.3. The van der Waals surface area contributed by atoms with Gasteiger partial charge >= 0.3 is 0 Å². The Balaban J connectivity index is 1.54. The van der Waals surface area contributed by atoms with Gasteiger partial charge < -0.3 is 15.3 Å². The van der Waals surface area contributed by atoms with Crippen LogP contribution in [0.2, 0.25) is 0 Å². The van der Waals surface area contributed by atoms with Crippen molar-refractivity contribution in [2.75, 3.05) is 47.2 Å². The van der Waals surface area contributed by atoms with E-state index in [0.29, 0.717) is 28.3 Å². The zero-order valence-corrected chi connectivity index (χ0v) is 23.9. The van der Waals surface area contributed by atoms with Crippen molar-refractivity contribution in [2.24, 2.45) is 5.10 Å². The number of anilines is 2. The molecular formula is C30H34N4O3S2. The molecule has 0 atom stereocenters. The second-order valence-corrected chi connectivity index (χ2v) is 11.6. The smallest absolute Gasteiger partial charge is 0.273 e. The summed E-state index contributed by atoms with van der Waals surface area (Å²) in [4.78, 5) is 28.7. The number of nitrogens with one attached hydrogen (secondary N) is 2. The van der Waals surface area contributed by atoms with Crippen molar-refractivity contribution >= 4 is 52.9 Å². The van der Waals surface area contributed by atoms with E-state index in [9.17, 15) is 9.59 Å². The number of amides is 2. The molecule has 39 heavy (non-hydrogen) atoms. The molecule has 1 saturated heterocycles. The van der Waals surface area contributed by atoms with Gasteiger partial charge in [-0.05, 0) is 66.4 Å². The monoisotopic (exact) mass is 562 g/mol. The summed E-state index contributed by atoms with van der Waals surface area (Å²) in [5, 5.41) is 16.1. The highest BCUT2D eigenvalue weighted by atomic mass is 32.2. The van der Waals surface area contributed by atoms with Gasteiger partial charge in [0.2, 0.25) is 0 Å². The minimum atomic E-state index is -0.396. The molecule has 0 radical (unpaired) electrons. The normalized spacial score (nSPS) is 13.5. The van der Waals surface area contributed by atoms with Crippen LogP contribution in [-0.4, -0.2) is 60.1 Å². The fraction of sp³-hybridized carbons (Fsp3) is 0.300. The van der Waals surface area contributed by atoms with Gasteiger partial charge in [-0.1, -0.05) is 30.3 Å². The van der Waals surface area contributed by atoms with Crippen LogP contribution in [0.15, 0.2) is 65.8 Å². The molecule has 7 nitrogen and oxygen atoms in total. The predicted molar refractivity (Wildman–Crippen MR) is 165 cm³/mol. The number of hydrazone groups is 1. The quantitative estimate of drug-likeness (QED) is 0.181. The number of aliphatic hydroxyl groups excluding tert-OH is 1. The molecule has 3 aromatic rings. The fourth-order valence-electron chi connectivity index (χ4n) is 4.17. The molecule has 0 aromatic heterocycles. The van der Waals surface area contributed by atoms with E-state index in [1.54, 1.807) is 30.1 Å². The van der Waals surface area contributed by atoms with Crippen molar-refractivity contribution in [2.45, 2.75) is 19.6 Å². The molecule has 1 aliphatic rings. The molecule has 204 valence electrons. The van der Waals surface area contributed by atoms with Crippen molar-refractivity contribution in [1.82, 2.24) is 5.43 Å². The van der Waals surface area contributed by atoms with Crippen LogP contribution >= 0.6 is 23.5 Å². The largest absolute Gasteiger partial charge is 0.396 e. The first-order valence-electron chi connectivity index (χ1n) is 12.9. The van der Waals surface area contributed by atoms with Gasteiger partial charge in [0.15, 0.2) is 0 Å². The average Bonchev–Trinajstić information content (AvgIpc) is 2.96. The van der Waals surface area contributed by atoms with E-state index in [0.717, 1.165) is 47.0 Å². The molecule has 1 aliphatic heterocycles. The molecule has 0 saturated carbocycles. The number of nitrogens with zero attached hydrogens (tertiary/aromatic N) is 2. The highest BCUT2D eigenvalue weighted by molar-refractivity contribution is 7.99. The van der Waals surface area contributed by atoms with Gasteiger partial charge in [-0.25, -0.2) is 5.43 Å². The standard InChI is InChI=1S/C30H34N4O3S2/c1-21-6-7-23(16-22(21)2)19-31-33-30(37)27-18-26(34-10-13-38-14-11-34)8-9-28(27)32-29(36)25-5-3-4-24(17-25)20-39-15-12-35/h3-9,16-19,35H,10-15,20H2,1-2H3,(H,32,36)(H,33,37)/b31-19+. The average molecular weight is 563 g/mol. The van der Waals surface area contributed by atoms with Crippen LogP contribution in [0, 0.1) is 13.8 Å². The molecule has 4 rings (SSSR count). The Labute approximate surface area is 238 Å². The van der Waals surface area contributed by atoms with Crippen molar-refractivity contribution in [3.63, 3.8) is 0 Å². The molecule has 1 heterocycles. The Morgan fingerprint density at radius 1 is 1.03 bits per heavy atom. The minimum Gasteiger partial charge on any atom is -0.396 e. The van der Waals surface area contributed by atoms with Gasteiger partial charge in [0.1, 0.15) is 0 Å². The van der Waals surface area contributed by atoms with Crippen LogP contribution < -0.4 is 15.6 Å². The van der Waals surface area contributed by atoms with Gasteiger partial charge in [0, 0.05) is 47.4 Å². The van der Waals surface area contributed by atoms with Crippen molar-refractivity contribution in [1.29, 1.82) is 0 Å². The first kappa shape index (κ1) is 28.7. The van der Waals surface area contributed by atoms with Gasteiger partial charge in [-0.15, -0.1) is 0 Å². The van der Waals surface area contributed by atoms with Gasteiger partial charge in [0.05, 0.1) is 24.1 Å². The molecule has 3 aromatic carbocycles. The maximum absolute atomic E-state index is 13.3. The van der Waals surface area contributed by atoms with Gasteiger partial charge in [-0.2, -0.15) is 28.6 Å². The summed E-state index contributed by atoms with van der Waals surface area (Å²) in [6.45, 7) is 6.02. The summed E-state index contributed by atoms with van der Waals surface area (Å²) in [6.07, 6.45) is 1.62. The molecule has 1 fully saturated rings. The van der Waals surface area contributed by atoms with E-state index in [1.165, 1.54) is 5.56 Å². The lowest BCUT2D eigenvalue weighted by Gasteiger charge is -2.29. The predicted octanol–water partition coefficient (Wildman–Crippen LogP) is 5.10. The van der Waals surface area contributed by atoms with Crippen molar-refractivity contribution in [3.05, 3.63) is 94.0 Å². The van der Waals surface area contributed by atoms with E-state index < -0.39 is 5.91 Å². The SMILES string of the molecule is Cc1ccc(/C=N/NC(=O)c2cc(N3CCSCC3)ccc2NC(=O)c2cccc(CSCCO)c2)cc1C. The van der Waals surface area contributed by atoms with E-state index in [4.69, 9.17) is 5.11 Å². The summed E-state index contributed by atoms with van der Waals surface area (Å²) < 4.78 is 0. The van der Waals surface area contributed by atoms with Gasteiger partial charge in [-0.3, -0.25) is 9.59 Å². The Kier molecular flexibility index (Phi) is 10.5. The molecule has 2 amide bonds. The minimum absolute atomic E-state index is 0.122. The van der Waals surface area contributed by atoms with E-state index in [1.807, 2.05) is 67.2 Å². The second kappa shape index (κ2) is 14.2. The zero-order valence-electron chi connectivity index (χ0n) is 22.3. The Morgan fingerprint density at radius 2 is 1.85 bits per heavy atom. The van der Waals surface area contributed by atoms with Gasteiger partial charge in [0.25, 0.3) is 11.8 Å². The first-order valence-corrected chi connectivity index (χ1v) is 15.2. The van der Waals surface area contributed by atoms with E-state index >= 15 is 0 Å². The summed E-state index contributed by atoms with van der Waals surface area (Å²) in [5.41, 5.74) is 9.10. The maximum Gasteiger partial charge on any atom is 0.273 e.